The van der Waals surface area contributed by atoms with Gasteiger partial charge in [-0.15, -0.1) is 0 Å². The van der Waals surface area contributed by atoms with Crippen molar-refractivity contribution >= 4 is 0 Å². The van der Waals surface area contributed by atoms with E-state index in [1.54, 1.807) is 5.57 Å². The second-order valence-electron chi connectivity index (χ2n) is 2.89. The average Bonchev–Trinajstić information content (AvgIpc) is 2.00. The minimum absolute atomic E-state index is 1.20. The normalized spacial score (nSPS) is 13.8. The van der Waals surface area contributed by atoms with Crippen LogP contribution in [-0.2, 0) is 0 Å². The van der Waals surface area contributed by atoms with E-state index in [2.05, 4.69) is 39.8 Å². The van der Waals surface area contributed by atoms with Crippen LogP contribution in [0.25, 0.3) is 0 Å². The van der Waals surface area contributed by atoms with E-state index in [4.69, 9.17) is 0 Å². The monoisotopic (exact) mass is 152 g/mol. The van der Waals surface area contributed by atoms with E-state index in [9.17, 15) is 0 Å². The lowest BCUT2D eigenvalue weighted by atomic mass is 10.0. The fourth-order valence-electron chi connectivity index (χ4n) is 1.32. The van der Waals surface area contributed by atoms with Gasteiger partial charge in [-0.2, -0.15) is 0 Å². The topological polar surface area (TPSA) is 0 Å². The Morgan fingerprint density at radius 1 is 1.27 bits per heavy atom. The van der Waals surface area contributed by atoms with Crippen LogP contribution in [0.5, 0.6) is 0 Å². The summed E-state index contributed by atoms with van der Waals surface area (Å²) in [5.74, 6) is 0. The highest BCUT2D eigenvalue weighted by Crippen LogP contribution is 2.15. The lowest BCUT2D eigenvalue weighted by molar-refractivity contribution is 0.847. The van der Waals surface area contributed by atoms with Crippen LogP contribution in [0.1, 0.15) is 47.0 Å². The molecule has 0 rings (SSSR count). The van der Waals surface area contributed by atoms with Crippen molar-refractivity contribution in [2.75, 3.05) is 0 Å². The molecule has 64 valence electrons. The van der Waals surface area contributed by atoms with Crippen LogP contribution >= 0.6 is 0 Å². The van der Waals surface area contributed by atoms with Crippen molar-refractivity contribution in [1.29, 1.82) is 0 Å². The van der Waals surface area contributed by atoms with Crippen LogP contribution in [0.15, 0.2) is 23.3 Å². The van der Waals surface area contributed by atoms with Gasteiger partial charge in [0.05, 0.1) is 0 Å². The molecular weight excluding hydrogens is 132 g/mol. The second-order valence-corrected chi connectivity index (χ2v) is 2.89. The molecular formula is C11H20. The molecule has 0 aliphatic heterocycles. The molecule has 0 heterocycles. The van der Waals surface area contributed by atoms with E-state index in [0.717, 1.165) is 0 Å². The van der Waals surface area contributed by atoms with Crippen molar-refractivity contribution in [3.8, 4) is 0 Å². The molecule has 0 bridgehead atoms. The Hall–Kier alpha value is -0.520. The molecule has 0 aromatic carbocycles. The van der Waals surface area contributed by atoms with Crippen molar-refractivity contribution in [3.05, 3.63) is 23.3 Å². The molecule has 0 atom stereocenters. The lowest BCUT2D eigenvalue weighted by Gasteiger charge is -2.04. The maximum absolute atomic E-state index is 2.23. The Bertz CT molecular complexity index is 149. The molecule has 0 saturated carbocycles. The first-order chi connectivity index (χ1) is 5.26. The van der Waals surface area contributed by atoms with Gasteiger partial charge in [-0.3, -0.25) is 0 Å². The predicted molar refractivity (Wildman–Crippen MR) is 52.7 cm³/mol. The van der Waals surface area contributed by atoms with Crippen LogP contribution in [0, 0.1) is 0 Å². The summed E-state index contributed by atoms with van der Waals surface area (Å²) in [7, 11) is 0. The third kappa shape index (κ3) is 4.02. The number of hydrogen-bond donors (Lipinski definition) is 0. The number of rotatable bonds is 4. The zero-order valence-electron chi connectivity index (χ0n) is 8.28. The van der Waals surface area contributed by atoms with E-state index in [1.165, 1.54) is 24.8 Å². The molecule has 0 amide bonds. The largest absolute Gasteiger partial charge is 0.0874 e. The van der Waals surface area contributed by atoms with Crippen molar-refractivity contribution in [2.45, 2.75) is 47.0 Å². The van der Waals surface area contributed by atoms with E-state index < -0.39 is 0 Å². The molecule has 0 aromatic heterocycles. The minimum atomic E-state index is 1.20. The average molecular weight is 152 g/mol. The fourth-order valence-corrected chi connectivity index (χ4v) is 1.32. The first kappa shape index (κ1) is 10.5. The van der Waals surface area contributed by atoms with Crippen molar-refractivity contribution < 1.29 is 0 Å². The highest BCUT2D eigenvalue weighted by Gasteiger charge is 1.95. The minimum Gasteiger partial charge on any atom is -0.0874 e. The number of allylic oxidation sites excluding steroid dienone is 4. The SMILES string of the molecule is C/C=C\C(C)=C(\CC)CCC. The Balaban J connectivity index is 4.26. The summed E-state index contributed by atoms with van der Waals surface area (Å²) in [5.41, 5.74) is 3.06. The first-order valence-electron chi connectivity index (χ1n) is 4.57. The summed E-state index contributed by atoms with van der Waals surface area (Å²) in [6.07, 6.45) is 8.03. The molecule has 0 unspecified atom stereocenters. The lowest BCUT2D eigenvalue weighted by Crippen LogP contribution is -1.84. The van der Waals surface area contributed by atoms with Gasteiger partial charge in [0.25, 0.3) is 0 Å². The molecule has 0 nitrogen and oxygen atoms in total. The van der Waals surface area contributed by atoms with Gasteiger partial charge in [0, 0.05) is 0 Å². The summed E-state index contributed by atoms with van der Waals surface area (Å²) in [6, 6.07) is 0. The van der Waals surface area contributed by atoms with Gasteiger partial charge in [-0.1, -0.05) is 43.6 Å². The van der Waals surface area contributed by atoms with E-state index in [0.29, 0.717) is 0 Å². The summed E-state index contributed by atoms with van der Waals surface area (Å²) in [5, 5.41) is 0. The van der Waals surface area contributed by atoms with Gasteiger partial charge in [0.1, 0.15) is 0 Å². The molecule has 0 radical (unpaired) electrons. The molecule has 0 saturated heterocycles. The van der Waals surface area contributed by atoms with Crippen molar-refractivity contribution in [2.24, 2.45) is 0 Å². The first-order valence-corrected chi connectivity index (χ1v) is 4.57. The van der Waals surface area contributed by atoms with Crippen LogP contribution in [-0.4, -0.2) is 0 Å². The quantitative estimate of drug-likeness (QED) is 0.532. The zero-order chi connectivity index (χ0) is 8.69. The molecule has 0 N–H and O–H groups in total. The zero-order valence-corrected chi connectivity index (χ0v) is 8.28. The van der Waals surface area contributed by atoms with Crippen molar-refractivity contribution in [3.63, 3.8) is 0 Å². The number of hydrogen-bond acceptors (Lipinski definition) is 0. The summed E-state index contributed by atoms with van der Waals surface area (Å²) in [4.78, 5) is 0. The standard InChI is InChI=1S/C11H20/c1-5-8-10(4)11(7-3)9-6-2/h5,8H,6-7,9H2,1-4H3/b8-5-,11-10-. The van der Waals surface area contributed by atoms with Gasteiger partial charge in [0.15, 0.2) is 0 Å². The maximum atomic E-state index is 2.23. The Morgan fingerprint density at radius 2 is 1.91 bits per heavy atom. The summed E-state index contributed by atoms with van der Waals surface area (Å²) in [6.45, 7) is 8.74. The third-order valence-corrected chi connectivity index (χ3v) is 1.95. The second kappa shape index (κ2) is 6.21. The Labute approximate surface area is 71.0 Å². The third-order valence-electron chi connectivity index (χ3n) is 1.95. The molecule has 0 heteroatoms. The molecule has 0 aliphatic rings. The molecule has 0 aliphatic carbocycles. The van der Waals surface area contributed by atoms with E-state index >= 15 is 0 Å². The van der Waals surface area contributed by atoms with E-state index in [1.807, 2.05) is 0 Å². The van der Waals surface area contributed by atoms with Gasteiger partial charge < -0.3 is 0 Å². The van der Waals surface area contributed by atoms with Crippen LogP contribution in [0.3, 0.4) is 0 Å². The summed E-state index contributed by atoms with van der Waals surface area (Å²) < 4.78 is 0. The van der Waals surface area contributed by atoms with Crippen molar-refractivity contribution in [1.82, 2.24) is 0 Å². The van der Waals surface area contributed by atoms with Crippen LogP contribution < -0.4 is 0 Å². The van der Waals surface area contributed by atoms with Gasteiger partial charge in [0.2, 0.25) is 0 Å². The molecule has 0 fully saturated rings. The molecule has 11 heavy (non-hydrogen) atoms. The summed E-state index contributed by atoms with van der Waals surface area (Å²) >= 11 is 0. The van der Waals surface area contributed by atoms with Crippen LogP contribution in [0.2, 0.25) is 0 Å². The predicted octanol–water partition coefficient (Wildman–Crippen LogP) is 4.09. The van der Waals surface area contributed by atoms with E-state index in [-0.39, 0.29) is 0 Å². The molecule has 0 aromatic rings. The molecule has 0 spiro atoms. The highest BCUT2D eigenvalue weighted by atomic mass is 14.0. The highest BCUT2D eigenvalue weighted by molar-refractivity contribution is 5.23. The Kier molecular flexibility index (Phi) is 5.91. The Morgan fingerprint density at radius 3 is 2.27 bits per heavy atom. The maximum Gasteiger partial charge on any atom is -0.0317 e. The fraction of sp³-hybridized carbons (Fsp3) is 0.636. The van der Waals surface area contributed by atoms with Crippen LogP contribution in [0.4, 0.5) is 0 Å². The van der Waals surface area contributed by atoms with Gasteiger partial charge in [-0.05, 0) is 26.7 Å². The van der Waals surface area contributed by atoms with Gasteiger partial charge >= 0.3 is 0 Å². The van der Waals surface area contributed by atoms with Gasteiger partial charge in [-0.25, -0.2) is 0 Å². The smallest absolute Gasteiger partial charge is 0.0317 e.